The van der Waals surface area contributed by atoms with Crippen LogP contribution in [0.15, 0.2) is 64.8 Å². The first kappa shape index (κ1) is 20.8. The van der Waals surface area contributed by atoms with Crippen LogP contribution in [0.25, 0.3) is 0 Å². The number of ether oxygens (including phenoxy) is 1. The van der Waals surface area contributed by atoms with Gasteiger partial charge in [-0.25, -0.2) is 0 Å². The summed E-state index contributed by atoms with van der Waals surface area (Å²) >= 11 is 0. The van der Waals surface area contributed by atoms with Crippen molar-refractivity contribution in [1.29, 1.82) is 0 Å². The number of azo groups is 1. The van der Waals surface area contributed by atoms with Crippen molar-refractivity contribution in [3.63, 3.8) is 0 Å². The molecule has 6 rings (SSSR count). The topological polar surface area (TPSA) is 100 Å². The third kappa shape index (κ3) is 4.30. The summed E-state index contributed by atoms with van der Waals surface area (Å²) in [6.07, 6.45) is 4.68. The lowest BCUT2D eigenvalue weighted by Crippen LogP contribution is -2.58. The third-order valence-corrected chi connectivity index (χ3v) is 6.99. The SMILES string of the molecule is O=C(COC(=O)C12CC3CC(CC(O)(C3)C1)C2)Nc1ccc(N=Nc2ccccc2)cc1. The van der Waals surface area contributed by atoms with Crippen molar-refractivity contribution in [1.82, 2.24) is 0 Å². The average molecular weight is 434 g/mol. The van der Waals surface area contributed by atoms with Crippen molar-refractivity contribution >= 4 is 28.9 Å². The van der Waals surface area contributed by atoms with Gasteiger partial charge in [0, 0.05) is 5.69 Å². The van der Waals surface area contributed by atoms with Gasteiger partial charge in [-0.2, -0.15) is 10.2 Å². The van der Waals surface area contributed by atoms with Crippen molar-refractivity contribution < 1.29 is 19.4 Å². The fourth-order valence-corrected chi connectivity index (χ4v) is 6.16. The zero-order valence-electron chi connectivity index (χ0n) is 17.9. The second-order valence-electron chi connectivity index (χ2n) is 9.67. The van der Waals surface area contributed by atoms with Crippen molar-refractivity contribution in [2.24, 2.45) is 27.5 Å². The smallest absolute Gasteiger partial charge is 0.312 e. The molecule has 0 heterocycles. The van der Waals surface area contributed by atoms with Gasteiger partial charge in [-0.1, -0.05) is 18.2 Å². The van der Waals surface area contributed by atoms with E-state index in [9.17, 15) is 14.7 Å². The summed E-state index contributed by atoms with van der Waals surface area (Å²) in [5.41, 5.74) is 0.667. The van der Waals surface area contributed by atoms with E-state index in [0.717, 1.165) is 37.8 Å². The van der Waals surface area contributed by atoms with Crippen molar-refractivity contribution in [2.75, 3.05) is 11.9 Å². The Morgan fingerprint density at radius 3 is 2.19 bits per heavy atom. The maximum Gasteiger partial charge on any atom is 0.312 e. The lowest BCUT2D eigenvalue weighted by atomic mass is 9.48. The Hall–Kier alpha value is -3.06. The van der Waals surface area contributed by atoms with Crippen LogP contribution in [0.1, 0.15) is 38.5 Å². The fraction of sp³-hybridized carbons (Fsp3) is 0.440. The summed E-state index contributed by atoms with van der Waals surface area (Å²) in [6, 6.07) is 16.4. The Labute approximate surface area is 186 Å². The van der Waals surface area contributed by atoms with Gasteiger partial charge in [0.15, 0.2) is 6.61 Å². The molecule has 2 aromatic rings. The molecule has 4 saturated carbocycles. The molecule has 166 valence electrons. The van der Waals surface area contributed by atoms with Gasteiger partial charge in [0.2, 0.25) is 0 Å². The van der Waals surface area contributed by atoms with Crippen LogP contribution in [0, 0.1) is 17.3 Å². The van der Waals surface area contributed by atoms with E-state index in [-0.39, 0.29) is 18.5 Å². The standard InChI is InChI=1S/C25H27N3O4/c29-22(26-19-6-8-21(9-7-19)28-27-20-4-2-1-3-5-20)15-32-23(30)24-11-17-10-18(12-24)14-25(31,13-17)16-24/h1-9,17-18,31H,10-16H2,(H,26,29). The monoisotopic (exact) mass is 433 g/mol. The number of aliphatic hydroxyl groups is 1. The molecule has 2 N–H and O–H groups in total. The minimum atomic E-state index is -0.731. The molecular weight excluding hydrogens is 406 g/mol. The molecule has 4 bridgehead atoms. The van der Waals surface area contributed by atoms with Crippen LogP contribution in [-0.4, -0.2) is 29.2 Å². The van der Waals surface area contributed by atoms with Crippen LogP contribution in [-0.2, 0) is 14.3 Å². The maximum absolute atomic E-state index is 12.9. The van der Waals surface area contributed by atoms with Gasteiger partial charge in [0.05, 0.1) is 22.4 Å². The number of hydrogen-bond acceptors (Lipinski definition) is 6. The lowest BCUT2D eigenvalue weighted by molar-refractivity contribution is -0.196. The van der Waals surface area contributed by atoms with Gasteiger partial charge < -0.3 is 15.2 Å². The first-order chi connectivity index (χ1) is 15.4. The van der Waals surface area contributed by atoms with Crippen molar-refractivity contribution in [3.05, 3.63) is 54.6 Å². The van der Waals surface area contributed by atoms with Crippen LogP contribution in [0.4, 0.5) is 17.1 Å². The molecule has 0 aromatic heterocycles. The molecule has 4 aliphatic carbocycles. The maximum atomic E-state index is 12.9. The molecule has 7 nitrogen and oxygen atoms in total. The Balaban J connectivity index is 1.14. The first-order valence-corrected chi connectivity index (χ1v) is 11.2. The summed E-state index contributed by atoms with van der Waals surface area (Å²) in [6.45, 7) is -0.330. The number of carbonyl (C=O) groups is 2. The van der Waals surface area contributed by atoms with Gasteiger partial charge in [-0.05, 0) is 86.8 Å². The quantitative estimate of drug-likeness (QED) is 0.499. The van der Waals surface area contributed by atoms with E-state index in [0.29, 0.717) is 29.6 Å². The molecule has 1 amide bonds. The van der Waals surface area contributed by atoms with E-state index in [1.54, 1.807) is 24.3 Å². The van der Waals surface area contributed by atoms with Gasteiger partial charge in [-0.3, -0.25) is 9.59 Å². The average Bonchev–Trinajstić information content (AvgIpc) is 2.76. The number of benzene rings is 2. The number of nitrogens with one attached hydrogen (secondary N) is 1. The number of rotatable bonds is 6. The molecule has 0 radical (unpaired) electrons. The van der Waals surface area contributed by atoms with Gasteiger partial charge >= 0.3 is 5.97 Å². The number of esters is 1. The molecule has 32 heavy (non-hydrogen) atoms. The molecule has 7 heteroatoms. The van der Waals surface area contributed by atoms with Crippen LogP contribution < -0.4 is 5.32 Å². The number of amides is 1. The van der Waals surface area contributed by atoms with Crippen LogP contribution in [0.3, 0.4) is 0 Å². The van der Waals surface area contributed by atoms with Gasteiger partial charge in [0.1, 0.15) is 0 Å². The summed E-state index contributed by atoms with van der Waals surface area (Å²) in [5.74, 6) is 0.0534. The lowest BCUT2D eigenvalue weighted by Gasteiger charge is -2.58. The predicted octanol–water partition coefficient (Wildman–Crippen LogP) is 4.92. The number of carbonyl (C=O) groups excluding carboxylic acids is 2. The second-order valence-corrected chi connectivity index (χ2v) is 9.67. The first-order valence-electron chi connectivity index (χ1n) is 11.2. The zero-order valence-corrected chi connectivity index (χ0v) is 17.9. The molecule has 2 atom stereocenters. The molecule has 4 aliphatic rings. The normalized spacial score (nSPS) is 30.4. The Kier molecular flexibility index (Phi) is 5.29. The third-order valence-electron chi connectivity index (χ3n) is 6.99. The van der Waals surface area contributed by atoms with E-state index >= 15 is 0 Å². The minimum Gasteiger partial charge on any atom is -0.455 e. The fourth-order valence-electron chi connectivity index (χ4n) is 6.16. The Morgan fingerprint density at radius 1 is 0.938 bits per heavy atom. The summed E-state index contributed by atoms with van der Waals surface area (Å²) in [4.78, 5) is 25.2. The van der Waals surface area contributed by atoms with Crippen LogP contribution in [0.5, 0.6) is 0 Å². The van der Waals surface area contributed by atoms with Gasteiger partial charge in [0.25, 0.3) is 5.91 Å². The second kappa shape index (κ2) is 8.13. The van der Waals surface area contributed by atoms with Crippen LogP contribution >= 0.6 is 0 Å². The summed E-state index contributed by atoms with van der Waals surface area (Å²) < 4.78 is 5.42. The zero-order chi connectivity index (χ0) is 22.2. The van der Waals surface area contributed by atoms with E-state index < -0.39 is 11.0 Å². The van der Waals surface area contributed by atoms with E-state index in [1.807, 2.05) is 30.3 Å². The summed E-state index contributed by atoms with van der Waals surface area (Å²) in [5, 5.41) is 21.9. The minimum absolute atomic E-state index is 0.330. The highest BCUT2D eigenvalue weighted by Crippen LogP contribution is 2.61. The largest absolute Gasteiger partial charge is 0.455 e. The van der Waals surface area contributed by atoms with Crippen LogP contribution in [0.2, 0.25) is 0 Å². The van der Waals surface area contributed by atoms with Crippen molar-refractivity contribution in [2.45, 2.75) is 44.1 Å². The highest BCUT2D eigenvalue weighted by atomic mass is 16.5. The molecule has 2 aromatic carbocycles. The number of nitrogens with zero attached hydrogens (tertiary/aromatic N) is 2. The Bertz CT molecular complexity index is 1020. The molecule has 0 aliphatic heterocycles. The molecular formula is C25H27N3O4. The number of hydrogen-bond donors (Lipinski definition) is 2. The number of anilines is 1. The van der Waals surface area contributed by atoms with E-state index in [1.165, 1.54) is 0 Å². The predicted molar refractivity (Wildman–Crippen MR) is 119 cm³/mol. The highest BCUT2D eigenvalue weighted by Gasteiger charge is 2.60. The molecule has 4 fully saturated rings. The Morgan fingerprint density at radius 2 is 1.56 bits per heavy atom. The van der Waals surface area contributed by atoms with Gasteiger partial charge in [-0.15, -0.1) is 0 Å². The molecule has 0 saturated heterocycles. The molecule has 2 unspecified atom stereocenters. The van der Waals surface area contributed by atoms with Crippen molar-refractivity contribution in [3.8, 4) is 0 Å². The van der Waals surface area contributed by atoms with E-state index in [4.69, 9.17) is 4.74 Å². The highest BCUT2D eigenvalue weighted by molar-refractivity contribution is 5.93. The molecule has 0 spiro atoms. The van der Waals surface area contributed by atoms with E-state index in [2.05, 4.69) is 15.5 Å². The summed E-state index contributed by atoms with van der Waals surface area (Å²) in [7, 11) is 0.